The van der Waals surface area contributed by atoms with Gasteiger partial charge in [-0.1, -0.05) is 25.0 Å². The number of rotatable bonds is 7. The monoisotopic (exact) mass is 282 g/mol. The van der Waals surface area contributed by atoms with E-state index in [1.165, 1.54) is 25.7 Å². The van der Waals surface area contributed by atoms with Crippen LogP contribution in [0.1, 0.15) is 38.5 Å². The van der Waals surface area contributed by atoms with E-state index in [-0.39, 0.29) is 24.6 Å². The molecule has 0 aromatic rings. The van der Waals surface area contributed by atoms with Crippen molar-refractivity contribution in [3.63, 3.8) is 0 Å². The minimum absolute atomic E-state index is 0.0434. The molecule has 0 saturated heterocycles. The number of aliphatic hydroxyl groups excluding tert-OH is 1. The molecule has 114 valence electrons. The van der Waals surface area contributed by atoms with Gasteiger partial charge in [0, 0.05) is 31.7 Å². The summed E-state index contributed by atoms with van der Waals surface area (Å²) in [6.07, 6.45) is 10.9. The summed E-state index contributed by atoms with van der Waals surface area (Å²) in [6.45, 7) is 1.51. The molecule has 1 saturated carbocycles. The van der Waals surface area contributed by atoms with Gasteiger partial charge in [-0.2, -0.15) is 0 Å². The number of urea groups is 1. The number of aliphatic hydroxyl groups is 1. The number of carbonyl (C=O) groups is 1. The van der Waals surface area contributed by atoms with Crippen molar-refractivity contribution >= 4 is 6.03 Å². The number of nitrogens with one attached hydrogen (secondary N) is 2. The van der Waals surface area contributed by atoms with Crippen LogP contribution in [-0.4, -0.2) is 43.0 Å². The van der Waals surface area contributed by atoms with Crippen LogP contribution in [0.25, 0.3) is 0 Å². The summed E-state index contributed by atoms with van der Waals surface area (Å²) >= 11 is 0. The van der Waals surface area contributed by atoms with E-state index in [4.69, 9.17) is 9.84 Å². The lowest BCUT2D eigenvalue weighted by atomic mass is 10.1. The zero-order valence-corrected chi connectivity index (χ0v) is 12.0. The second-order valence-corrected chi connectivity index (χ2v) is 5.70. The van der Waals surface area contributed by atoms with Crippen LogP contribution in [0.4, 0.5) is 4.79 Å². The Morgan fingerprint density at radius 2 is 2.10 bits per heavy atom. The van der Waals surface area contributed by atoms with Crippen LogP contribution in [-0.2, 0) is 4.74 Å². The zero-order valence-electron chi connectivity index (χ0n) is 12.0. The van der Waals surface area contributed by atoms with Gasteiger partial charge in [0.25, 0.3) is 0 Å². The maximum atomic E-state index is 11.7. The second kappa shape index (κ2) is 8.27. The Morgan fingerprint density at radius 3 is 2.80 bits per heavy atom. The molecule has 0 spiro atoms. The summed E-state index contributed by atoms with van der Waals surface area (Å²) in [4.78, 5) is 11.7. The van der Waals surface area contributed by atoms with Crippen LogP contribution in [0.2, 0.25) is 0 Å². The molecule has 0 aromatic heterocycles. The van der Waals surface area contributed by atoms with Crippen molar-refractivity contribution in [3.05, 3.63) is 12.2 Å². The van der Waals surface area contributed by atoms with Gasteiger partial charge in [0.1, 0.15) is 0 Å². The van der Waals surface area contributed by atoms with Gasteiger partial charge in [-0.15, -0.1) is 0 Å². The molecule has 0 unspecified atom stereocenters. The van der Waals surface area contributed by atoms with E-state index in [2.05, 4.69) is 10.6 Å². The third kappa shape index (κ3) is 5.13. The first-order valence-corrected chi connectivity index (χ1v) is 7.73. The molecule has 2 aliphatic carbocycles. The fourth-order valence-corrected chi connectivity index (χ4v) is 2.82. The average Bonchev–Trinajstić information content (AvgIpc) is 3.09. The van der Waals surface area contributed by atoms with E-state index >= 15 is 0 Å². The molecular formula is C15H26N2O3. The van der Waals surface area contributed by atoms with E-state index in [1.54, 1.807) is 0 Å². The van der Waals surface area contributed by atoms with Gasteiger partial charge < -0.3 is 20.5 Å². The summed E-state index contributed by atoms with van der Waals surface area (Å²) in [6, 6.07) is -0.0963. The van der Waals surface area contributed by atoms with Crippen molar-refractivity contribution in [1.29, 1.82) is 0 Å². The maximum Gasteiger partial charge on any atom is 0.315 e. The molecule has 2 aliphatic rings. The summed E-state index contributed by atoms with van der Waals surface area (Å²) in [7, 11) is 0. The topological polar surface area (TPSA) is 70.6 Å². The van der Waals surface area contributed by atoms with E-state index in [1.807, 2.05) is 12.2 Å². The highest BCUT2D eigenvalue weighted by atomic mass is 16.5. The van der Waals surface area contributed by atoms with Gasteiger partial charge in [0.15, 0.2) is 0 Å². The molecule has 0 heterocycles. The van der Waals surface area contributed by atoms with E-state index in [9.17, 15) is 4.79 Å². The van der Waals surface area contributed by atoms with Crippen molar-refractivity contribution in [1.82, 2.24) is 10.6 Å². The van der Waals surface area contributed by atoms with Gasteiger partial charge in [-0.3, -0.25) is 0 Å². The lowest BCUT2D eigenvalue weighted by Gasteiger charge is -2.14. The second-order valence-electron chi connectivity index (χ2n) is 5.70. The van der Waals surface area contributed by atoms with Gasteiger partial charge in [0.05, 0.1) is 6.10 Å². The number of hydrogen-bond donors (Lipinski definition) is 3. The Balaban J connectivity index is 1.47. The minimum Gasteiger partial charge on any atom is -0.396 e. The fraction of sp³-hybridized carbons (Fsp3) is 0.800. The molecule has 0 bridgehead atoms. The van der Waals surface area contributed by atoms with Crippen molar-refractivity contribution in [2.24, 2.45) is 5.92 Å². The fourth-order valence-electron chi connectivity index (χ4n) is 2.82. The molecule has 2 atom stereocenters. The quantitative estimate of drug-likeness (QED) is 0.490. The normalized spacial score (nSPS) is 26.1. The highest BCUT2D eigenvalue weighted by Crippen LogP contribution is 2.20. The van der Waals surface area contributed by atoms with Crippen molar-refractivity contribution in [2.45, 2.75) is 50.7 Å². The summed E-state index contributed by atoms with van der Waals surface area (Å²) in [5, 5.41) is 14.7. The summed E-state index contributed by atoms with van der Waals surface area (Å²) < 4.78 is 5.74. The number of hydrogen-bond acceptors (Lipinski definition) is 3. The first-order chi connectivity index (χ1) is 9.78. The molecule has 5 heteroatoms. The van der Waals surface area contributed by atoms with Crippen LogP contribution in [0.5, 0.6) is 0 Å². The van der Waals surface area contributed by atoms with Gasteiger partial charge in [-0.25, -0.2) is 4.79 Å². The van der Waals surface area contributed by atoms with E-state index < -0.39 is 0 Å². The molecule has 2 amide bonds. The Bertz CT molecular complexity index is 327. The lowest BCUT2D eigenvalue weighted by molar-refractivity contribution is 0.0572. The Morgan fingerprint density at radius 1 is 1.30 bits per heavy atom. The van der Waals surface area contributed by atoms with Gasteiger partial charge in [0.2, 0.25) is 0 Å². The predicted octanol–water partition coefficient (Wildman–Crippen LogP) is 1.57. The summed E-state index contributed by atoms with van der Waals surface area (Å²) in [5.74, 6) is 0.181. The van der Waals surface area contributed by atoms with Crippen LogP contribution < -0.4 is 10.6 Å². The smallest absolute Gasteiger partial charge is 0.315 e. The van der Waals surface area contributed by atoms with Crippen LogP contribution in [0, 0.1) is 5.92 Å². The molecule has 20 heavy (non-hydrogen) atoms. The number of ether oxygens (including phenoxy) is 1. The highest BCUT2D eigenvalue weighted by Gasteiger charge is 2.19. The van der Waals surface area contributed by atoms with E-state index in [0.717, 1.165) is 19.4 Å². The molecule has 0 radical (unpaired) electrons. The third-order valence-corrected chi connectivity index (χ3v) is 3.99. The molecule has 1 fully saturated rings. The Kier molecular flexibility index (Phi) is 6.33. The largest absolute Gasteiger partial charge is 0.396 e. The number of amides is 2. The van der Waals surface area contributed by atoms with Crippen LogP contribution in [0.15, 0.2) is 12.2 Å². The standard InChI is InChI=1S/C15H26N2O3/c18-11-12-6-7-13(10-12)17-15(19)16-8-3-9-20-14-4-1-2-5-14/h6-7,12-14,18H,1-5,8-11H2,(H2,16,17,19)/t12-,13+/m0/s1. The highest BCUT2D eigenvalue weighted by molar-refractivity contribution is 5.74. The molecule has 5 nitrogen and oxygen atoms in total. The van der Waals surface area contributed by atoms with E-state index in [0.29, 0.717) is 12.6 Å². The van der Waals surface area contributed by atoms with Gasteiger partial charge in [-0.05, 0) is 25.7 Å². The first kappa shape index (κ1) is 15.3. The number of carbonyl (C=O) groups excluding carboxylic acids is 1. The average molecular weight is 282 g/mol. The third-order valence-electron chi connectivity index (χ3n) is 3.99. The van der Waals surface area contributed by atoms with Crippen molar-refractivity contribution < 1.29 is 14.6 Å². The Labute approximate surface area is 120 Å². The molecular weight excluding hydrogens is 256 g/mol. The van der Waals surface area contributed by atoms with Crippen LogP contribution >= 0.6 is 0 Å². The lowest BCUT2D eigenvalue weighted by Crippen LogP contribution is -2.41. The predicted molar refractivity (Wildman–Crippen MR) is 77.5 cm³/mol. The molecule has 2 rings (SSSR count). The van der Waals surface area contributed by atoms with Gasteiger partial charge >= 0.3 is 6.03 Å². The Hall–Kier alpha value is -1.07. The minimum atomic E-state index is -0.140. The SMILES string of the molecule is O=C(NCCCOC1CCCC1)N[C@@H]1C=C[C@H](CO)C1. The molecule has 3 N–H and O–H groups in total. The molecule has 0 aromatic carbocycles. The van der Waals surface area contributed by atoms with Crippen molar-refractivity contribution in [3.8, 4) is 0 Å². The first-order valence-electron chi connectivity index (χ1n) is 7.73. The molecule has 0 aliphatic heterocycles. The zero-order chi connectivity index (χ0) is 14.2. The maximum absolute atomic E-state index is 11.7. The van der Waals surface area contributed by atoms with Crippen LogP contribution in [0.3, 0.4) is 0 Å². The summed E-state index contributed by atoms with van der Waals surface area (Å²) in [5.41, 5.74) is 0. The van der Waals surface area contributed by atoms with Crippen molar-refractivity contribution in [2.75, 3.05) is 19.8 Å².